The van der Waals surface area contributed by atoms with E-state index in [0.717, 1.165) is 21.0 Å². The smallest absolute Gasteiger partial charge is 0.264 e. The van der Waals surface area contributed by atoms with Crippen molar-refractivity contribution in [3.05, 3.63) is 126 Å². The van der Waals surface area contributed by atoms with Crippen LogP contribution in [-0.2, 0) is 32.6 Å². The van der Waals surface area contributed by atoms with E-state index >= 15 is 0 Å². The number of nitrogens with one attached hydrogen (secondary N) is 1. The Morgan fingerprint density at radius 1 is 0.844 bits per heavy atom. The van der Waals surface area contributed by atoms with Gasteiger partial charge in [-0.2, -0.15) is 0 Å². The normalized spacial score (nSPS) is 12.5. The predicted molar refractivity (Wildman–Crippen MR) is 178 cm³/mol. The van der Waals surface area contributed by atoms with Gasteiger partial charge in [0.05, 0.1) is 17.7 Å². The Morgan fingerprint density at radius 3 is 2.00 bits per heavy atom. The number of hydrogen-bond acceptors (Lipinski definition) is 5. The second-order valence-electron chi connectivity index (χ2n) is 11.0. The Labute approximate surface area is 266 Å². The molecule has 9 heteroatoms. The molecule has 0 saturated heterocycles. The lowest BCUT2D eigenvalue weighted by molar-refractivity contribution is -0.140. The predicted octanol–water partition coefficient (Wildman–Crippen LogP) is 5.75. The molecule has 0 aliphatic rings. The minimum atomic E-state index is -4.23. The monoisotopic (exact) mass is 627 g/mol. The first-order chi connectivity index (χ1) is 21.6. The number of ether oxygens (including phenoxy) is 1. The SMILES string of the molecule is CC[C@@H](C)NC(=O)[C@@H](Cc1ccccc1)N(Cc1ccccc1)C(=O)CN(c1cc(C)ccc1OC)S(=O)(=O)c1ccccc1. The van der Waals surface area contributed by atoms with E-state index in [9.17, 15) is 18.0 Å². The molecular weight excluding hydrogens is 586 g/mol. The second-order valence-corrected chi connectivity index (χ2v) is 12.9. The van der Waals surface area contributed by atoms with Crippen LogP contribution in [0.15, 0.2) is 114 Å². The van der Waals surface area contributed by atoms with E-state index in [1.165, 1.54) is 24.1 Å². The highest BCUT2D eigenvalue weighted by Crippen LogP contribution is 2.34. The maximum atomic E-state index is 14.6. The van der Waals surface area contributed by atoms with Crippen LogP contribution < -0.4 is 14.4 Å². The molecule has 0 radical (unpaired) electrons. The number of benzene rings is 4. The number of sulfonamides is 1. The fourth-order valence-corrected chi connectivity index (χ4v) is 6.44. The molecule has 0 aliphatic heterocycles. The molecule has 4 rings (SSSR count). The third kappa shape index (κ3) is 8.51. The Bertz CT molecular complexity index is 1670. The van der Waals surface area contributed by atoms with Crippen molar-refractivity contribution in [1.29, 1.82) is 0 Å². The molecule has 8 nitrogen and oxygen atoms in total. The van der Waals surface area contributed by atoms with Gasteiger partial charge in [0.1, 0.15) is 18.3 Å². The number of methoxy groups -OCH3 is 1. The van der Waals surface area contributed by atoms with Gasteiger partial charge in [-0.25, -0.2) is 8.42 Å². The van der Waals surface area contributed by atoms with Gasteiger partial charge in [-0.3, -0.25) is 13.9 Å². The van der Waals surface area contributed by atoms with E-state index in [1.54, 1.807) is 30.3 Å². The standard InChI is InChI=1S/C36H41N3O5S/c1-5-28(3)37-36(41)33(24-29-15-9-6-10-16-29)38(25-30-17-11-7-12-18-30)35(40)26-39(32-23-27(2)21-22-34(32)44-4)45(42,43)31-19-13-8-14-20-31/h6-23,28,33H,5,24-26H2,1-4H3,(H,37,41)/t28-,33-/m1/s1. The molecule has 4 aromatic carbocycles. The van der Waals surface area contributed by atoms with Crippen molar-refractivity contribution in [2.45, 2.75) is 57.1 Å². The molecule has 2 atom stereocenters. The third-order valence-electron chi connectivity index (χ3n) is 7.68. The zero-order chi connectivity index (χ0) is 32.4. The van der Waals surface area contributed by atoms with E-state index in [4.69, 9.17) is 4.74 Å². The molecule has 236 valence electrons. The lowest BCUT2D eigenvalue weighted by Gasteiger charge is -2.34. The van der Waals surface area contributed by atoms with Crippen LogP contribution in [0.1, 0.15) is 37.0 Å². The van der Waals surface area contributed by atoms with Gasteiger partial charge >= 0.3 is 0 Å². The van der Waals surface area contributed by atoms with Crippen molar-refractivity contribution in [3.63, 3.8) is 0 Å². The zero-order valence-electron chi connectivity index (χ0n) is 26.2. The fourth-order valence-electron chi connectivity index (χ4n) is 5.00. The molecular formula is C36H41N3O5S. The number of anilines is 1. The first-order valence-electron chi connectivity index (χ1n) is 15.0. The summed E-state index contributed by atoms with van der Waals surface area (Å²) in [7, 11) is -2.77. The minimum absolute atomic E-state index is 0.0336. The first kappa shape index (κ1) is 33.3. The van der Waals surface area contributed by atoms with Crippen LogP contribution in [0, 0.1) is 6.92 Å². The van der Waals surface area contributed by atoms with Gasteiger partial charge in [0, 0.05) is 19.0 Å². The summed E-state index contributed by atoms with van der Waals surface area (Å²) in [5.41, 5.74) is 2.72. The highest BCUT2D eigenvalue weighted by Gasteiger charge is 2.35. The number of hydrogen-bond donors (Lipinski definition) is 1. The van der Waals surface area contributed by atoms with Gasteiger partial charge in [-0.05, 0) is 61.2 Å². The van der Waals surface area contributed by atoms with Crippen molar-refractivity contribution in [2.75, 3.05) is 18.0 Å². The summed E-state index contributed by atoms with van der Waals surface area (Å²) >= 11 is 0. The van der Waals surface area contributed by atoms with Crippen LogP contribution in [0.4, 0.5) is 5.69 Å². The largest absolute Gasteiger partial charge is 0.495 e. The van der Waals surface area contributed by atoms with Crippen molar-refractivity contribution in [2.24, 2.45) is 0 Å². The molecule has 2 amide bonds. The maximum Gasteiger partial charge on any atom is 0.264 e. The van der Waals surface area contributed by atoms with Gasteiger partial charge in [0.25, 0.3) is 10.0 Å². The molecule has 0 aromatic heterocycles. The molecule has 0 heterocycles. The number of aryl methyl sites for hydroxylation is 1. The number of rotatable bonds is 14. The highest BCUT2D eigenvalue weighted by atomic mass is 32.2. The lowest BCUT2D eigenvalue weighted by atomic mass is 10.0. The van der Waals surface area contributed by atoms with Crippen LogP contribution >= 0.6 is 0 Å². The molecule has 0 bridgehead atoms. The zero-order valence-corrected chi connectivity index (χ0v) is 27.0. The van der Waals surface area contributed by atoms with E-state index in [1.807, 2.05) is 87.5 Å². The number of amides is 2. The van der Waals surface area contributed by atoms with Crippen LogP contribution in [0.2, 0.25) is 0 Å². The van der Waals surface area contributed by atoms with Crippen molar-refractivity contribution >= 4 is 27.5 Å². The summed E-state index contributed by atoms with van der Waals surface area (Å²) in [5, 5.41) is 3.05. The van der Waals surface area contributed by atoms with Gasteiger partial charge in [-0.15, -0.1) is 0 Å². The summed E-state index contributed by atoms with van der Waals surface area (Å²) in [5.74, 6) is -0.525. The average Bonchev–Trinajstić information content (AvgIpc) is 3.06. The molecule has 0 saturated carbocycles. The third-order valence-corrected chi connectivity index (χ3v) is 9.45. The molecule has 0 fully saturated rings. The highest BCUT2D eigenvalue weighted by molar-refractivity contribution is 7.92. The van der Waals surface area contributed by atoms with Crippen LogP contribution in [0.5, 0.6) is 5.75 Å². The molecule has 4 aromatic rings. The lowest BCUT2D eigenvalue weighted by Crippen LogP contribution is -2.54. The summed E-state index contributed by atoms with van der Waals surface area (Å²) in [4.78, 5) is 30.0. The summed E-state index contributed by atoms with van der Waals surface area (Å²) in [6, 6.07) is 31.0. The fraction of sp³-hybridized carbons (Fsp3) is 0.278. The summed E-state index contributed by atoms with van der Waals surface area (Å²) in [6.07, 6.45) is 0.966. The Hall–Kier alpha value is -4.63. The summed E-state index contributed by atoms with van der Waals surface area (Å²) < 4.78 is 35.1. The van der Waals surface area contributed by atoms with Crippen LogP contribution in [0.3, 0.4) is 0 Å². The Morgan fingerprint density at radius 2 is 1.42 bits per heavy atom. The second kappa shape index (κ2) is 15.4. The van der Waals surface area contributed by atoms with E-state index in [-0.39, 0.29) is 35.5 Å². The van der Waals surface area contributed by atoms with E-state index < -0.39 is 28.5 Å². The number of carbonyl (C=O) groups excluding carboxylic acids is 2. The minimum Gasteiger partial charge on any atom is -0.495 e. The quantitative estimate of drug-likeness (QED) is 0.192. The molecule has 0 aliphatic carbocycles. The summed E-state index contributed by atoms with van der Waals surface area (Å²) in [6.45, 7) is 5.29. The number of carbonyl (C=O) groups is 2. The van der Waals surface area contributed by atoms with Gasteiger partial charge in [0.2, 0.25) is 11.8 Å². The van der Waals surface area contributed by atoms with Gasteiger partial charge in [0.15, 0.2) is 0 Å². The molecule has 0 unspecified atom stereocenters. The molecule has 45 heavy (non-hydrogen) atoms. The van der Waals surface area contributed by atoms with Gasteiger partial charge in [-0.1, -0.05) is 91.9 Å². The van der Waals surface area contributed by atoms with Crippen molar-refractivity contribution < 1.29 is 22.7 Å². The molecule has 1 N–H and O–H groups in total. The van der Waals surface area contributed by atoms with E-state index in [2.05, 4.69) is 5.32 Å². The van der Waals surface area contributed by atoms with Crippen LogP contribution in [0.25, 0.3) is 0 Å². The maximum absolute atomic E-state index is 14.6. The average molecular weight is 628 g/mol. The van der Waals surface area contributed by atoms with Crippen molar-refractivity contribution in [1.82, 2.24) is 10.2 Å². The van der Waals surface area contributed by atoms with Gasteiger partial charge < -0.3 is 15.0 Å². The Kier molecular flexibility index (Phi) is 11.4. The first-order valence-corrected chi connectivity index (χ1v) is 16.5. The number of nitrogens with zero attached hydrogens (tertiary/aromatic N) is 2. The Balaban J connectivity index is 1.83. The topological polar surface area (TPSA) is 96.0 Å². The van der Waals surface area contributed by atoms with E-state index in [0.29, 0.717) is 12.2 Å². The van der Waals surface area contributed by atoms with Crippen molar-refractivity contribution in [3.8, 4) is 5.75 Å². The van der Waals surface area contributed by atoms with Crippen LogP contribution in [-0.4, -0.2) is 50.9 Å². The molecule has 0 spiro atoms.